The largest absolute Gasteiger partial charge is 0.488 e. The van der Waals surface area contributed by atoms with Gasteiger partial charge >= 0.3 is 6.18 Å². The zero-order valence-corrected chi connectivity index (χ0v) is 18.9. The Kier molecular flexibility index (Phi) is 5.58. The lowest BCUT2D eigenvalue weighted by atomic mass is 10.1. The van der Waals surface area contributed by atoms with E-state index in [1.807, 2.05) is 6.92 Å². The third-order valence-corrected chi connectivity index (χ3v) is 5.78. The van der Waals surface area contributed by atoms with E-state index in [1.54, 1.807) is 18.2 Å². The van der Waals surface area contributed by atoms with E-state index in [4.69, 9.17) is 10.5 Å². The highest BCUT2D eigenvalue weighted by Gasteiger charge is 2.31. The second kappa shape index (κ2) is 8.63. The Hall–Kier alpha value is -4.48. The highest BCUT2D eigenvalue weighted by atomic mass is 19.4. The Bertz CT molecular complexity index is 1520. The van der Waals surface area contributed by atoms with Crippen molar-refractivity contribution in [2.45, 2.75) is 19.6 Å². The van der Waals surface area contributed by atoms with Gasteiger partial charge < -0.3 is 15.4 Å². The number of hydrogen-bond donors (Lipinski definition) is 1. The fraction of sp³-hybridized carbons (Fsp3) is 0.208. The monoisotopic (exact) mass is 496 g/mol. The number of amides is 2. The second-order valence-electron chi connectivity index (χ2n) is 8.25. The van der Waals surface area contributed by atoms with Crippen molar-refractivity contribution in [2.24, 2.45) is 5.73 Å². The number of rotatable bonds is 4. The number of aromatic nitrogens is 4. The summed E-state index contributed by atoms with van der Waals surface area (Å²) in [6, 6.07) is 8.57. The number of primary amides is 1. The summed E-state index contributed by atoms with van der Waals surface area (Å²) in [7, 11) is 0. The summed E-state index contributed by atoms with van der Waals surface area (Å²) < 4.78 is 45.8. The fourth-order valence-corrected chi connectivity index (χ4v) is 4.11. The molecule has 2 N–H and O–H groups in total. The number of carbonyl (C=O) groups excluding carboxylic acids is 2. The van der Waals surface area contributed by atoms with Gasteiger partial charge in [0.05, 0.1) is 23.8 Å². The van der Waals surface area contributed by atoms with Gasteiger partial charge in [0.1, 0.15) is 13.2 Å². The maximum Gasteiger partial charge on any atom is 0.416 e. The van der Waals surface area contributed by atoms with Crippen LogP contribution < -0.4 is 15.4 Å². The van der Waals surface area contributed by atoms with Gasteiger partial charge in [-0.3, -0.25) is 9.59 Å². The SMILES string of the molecule is Cc1cc(-c2ncc3cc(C(F)(F)F)ccc3n2)ccc1N1CCOc2cnn(CC(N)=O)c2C1=O. The molecule has 0 radical (unpaired) electrons. The number of nitrogens with zero attached hydrogens (tertiary/aromatic N) is 5. The van der Waals surface area contributed by atoms with Crippen LogP contribution in [0.4, 0.5) is 18.9 Å². The van der Waals surface area contributed by atoms with E-state index < -0.39 is 17.6 Å². The summed E-state index contributed by atoms with van der Waals surface area (Å²) >= 11 is 0. The Morgan fingerprint density at radius 2 is 1.97 bits per heavy atom. The molecule has 0 unspecified atom stereocenters. The molecule has 9 nitrogen and oxygen atoms in total. The zero-order chi connectivity index (χ0) is 25.6. The number of alkyl halides is 3. The van der Waals surface area contributed by atoms with Crippen LogP contribution in [-0.2, 0) is 17.5 Å². The van der Waals surface area contributed by atoms with Gasteiger partial charge in [0.25, 0.3) is 5.91 Å². The maximum atomic E-state index is 13.4. The molecule has 12 heteroatoms. The minimum absolute atomic E-state index is 0.130. The van der Waals surface area contributed by atoms with E-state index in [1.165, 1.54) is 28.0 Å². The third kappa shape index (κ3) is 4.21. The average Bonchev–Trinajstić information content (AvgIpc) is 3.14. The van der Waals surface area contributed by atoms with Crippen molar-refractivity contribution >= 4 is 28.4 Å². The molecule has 0 spiro atoms. The molecule has 36 heavy (non-hydrogen) atoms. The molecular formula is C24H19F3N6O3. The van der Waals surface area contributed by atoms with Crippen LogP contribution in [0.5, 0.6) is 5.75 Å². The number of ether oxygens (including phenoxy) is 1. The molecule has 0 fully saturated rings. The lowest BCUT2D eigenvalue weighted by molar-refractivity contribution is -0.137. The molecule has 3 heterocycles. The molecule has 0 atom stereocenters. The third-order valence-electron chi connectivity index (χ3n) is 5.78. The summed E-state index contributed by atoms with van der Waals surface area (Å²) in [5.74, 6) is -0.421. The number of nitrogens with two attached hydrogens (primary N) is 1. The zero-order valence-electron chi connectivity index (χ0n) is 18.9. The Balaban J connectivity index is 1.47. The summed E-state index contributed by atoms with van der Waals surface area (Å²) in [6.07, 6.45) is -1.72. The van der Waals surface area contributed by atoms with E-state index in [9.17, 15) is 22.8 Å². The first kappa shape index (κ1) is 23.3. The number of benzene rings is 2. The van der Waals surface area contributed by atoms with E-state index in [-0.39, 0.29) is 42.4 Å². The van der Waals surface area contributed by atoms with E-state index >= 15 is 0 Å². The first-order valence-corrected chi connectivity index (χ1v) is 10.9. The first-order valence-electron chi connectivity index (χ1n) is 10.9. The molecule has 184 valence electrons. The lowest BCUT2D eigenvalue weighted by Gasteiger charge is -2.23. The van der Waals surface area contributed by atoms with E-state index in [2.05, 4.69) is 15.1 Å². The van der Waals surface area contributed by atoms with Crippen LogP contribution in [0.15, 0.2) is 48.8 Å². The first-order chi connectivity index (χ1) is 17.1. The van der Waals surface area contributed by atoms with Crippen LogP contribution in [0.25, 0.3) is 22.3 Å². The Labute approximate surface area is 202 Å². The molecule has 2 aromatic heterocycles. The number of fused-ring (bicyclic) bond motifs is 2. The van der Waals surface area contributed by atoms with E-state index in [0.717, 1.165) is 17.7 Å². The van der Waals surface area contributed by atoms with Gasteiger partial charge in [0.15, 0.2) is 17.3 Å². The Morgan fingerprint density at radius 1 is 1.17 bits per heavy atom. The number of anilines is 1. The van der Waals surface area contributed by atoms with Crippen molar-refractivity contribution in [3.63, 3.8) is 0 Å². The van der Waals surface area contributed by atoms with Crippen molar-refractivity contribution in [1.29, 1.82) is 0 Å². The highest BCUT2D eigenvalue weighted by molar-refractivity contribution is 6.07. The molecule has 4 aromatic rings. The van der Waals surface area contributed by atoms with Crippen molar-refractivity contribution in [2.75, 3.05) is 18.1 Å². The summed E-state index contributed by atoms with van der Waals surface area (Å²) in [5, 5.41) is 4.32. The molecule has 5 rings (SSSR count). The van der Waals surface area contributed by atoms with Gasteiger partial charge in [0.2, 0.25) is 5.91 Å². The topological polar surface area (TPSA) is 116 Å². The van der Waals surface area contributed by atoms with Crippen LogP contribution in [0, 0.1) is 6.92 Å². The van der Waals surface area contributed by atoms with Gasteiger partial charge in [-0.25, -0.2) is 14.6 Å². The van der Waals surface area contributed by atoms with Crippen molar-refractivity contribution in [3.8, 4) is 17.1 Å². The predicted molar refractivity (Wildman–Crippen MR) is 123 cm³/mol. The van der Waals surface area contributed by atoms with Gasteiger partial charge in [-0.2, -0.15) is 18.3 Å². The molecule has 0 bridgehead atoms. The van der Waals surface area contributed by atoms with Gasteiger partial charge in [-0.15, -0.1) is 0 Å². The van der Waals surface area contributed by atoms with Crippen molar-refractivity contribution < 1.29 is 27.5 Å². The maximum absolute atomic E-state index is 13.4. The number of hydrogen-bond acceptors (Lipinski definition) is 6. The number of halogens is 3. The summed E-state index contributed by atoms with van der Waals surface area (Å²) in [4.78, 5) is 35.0. The standard InChI is InChI=1S/C24H19F3N6O3/c1-13-8-14(22-29-10-15-9-16(24(25,26)27)3-4-17(15)31-22)2-5-18(13)32-6-7-36-19-11-30-33(12-20(28)34)21(19)23(32)35/h2-5,8-11H,6-7,12H2,1H3,(H2,28,34). The van der Waals surface area contributed by atoms with Crippen LogP contribution in [-0.4, -0.2) is 44.7 Å². The quantitative estimate of drug-likeness (QED) is 0.463. The van der Waals surface area contributed by atoms with Gasteiger partial charge in [0, 0.05) is 22.8 Å². The smallest absolute Gasteiger partial charge is 0.416 e. The number of carbonyl (C=O) groups is 2. The predicted octanol–water partition coefficient (Wildman–Crippen LogP) is 3.35. The molecule has 0 aliphatic carbocycles. The van der Waals surface area contributed by atoms with Crippen molar-refractivity contribution in [1.82, 2.24) is 19.7 Å². The summed E-state index contributed by atoms with van der Waals surface area (Å²) in [5.41, 5.74) is 7.01. The van der Waals surface area contributed by atoms with E-state index in [0.29, 0.717) is 22.6 Å². The van der Waals surface area contributed by atoms with Crippen molar-refractivity contribution in [3.05, 3.63) is 65.6 Å². The molecule has 1 aliphatic heterocycles. The molecule has 0 saturated carbocycles. The minimum Gasteiger partial charge on any atom is -0.488 e. The highest BCUT2D eigenvalue weighted by Crippen LogP contribution is 2.33. The lowest BCUT2D eigenvalue weighted by Crippen LogP contribution is -2.35. The second-order valence-corrected chi connectivity index (χ2v) is 8.25. The normalized spacial score (nSPS) is 13.9. The van der Waals surface area contributed by atoms with Crippen LogP contribution >= 0.6 is 0 Å². The minimum atomic E-state index is -4.45. The van der Waals surface area contributed by atoms with Gasteiger partial charge in [-0.05, 0) is 48.9 Å². The summed E-state index contributed by atoms with van der Waals surface area (Å²) in [6.45, 7) is 2.03. The fourth-order valence-electron chi connectivity index (χ4n) is 4.11. The molecule has 1 aliphatic rings. The molecule has 0 saturated heterocycles. The van der Waals surface area contributed by atoms with Crippen LogP contribution in [0.1, 0.15) is 21.6 Å². The molecular weight excluding hydrogens is 477 g/mol. The average molecular weight is 496 g/mol. The molecule has 2 aromatic carbocycles. The molecule has 2 amide bonds. The Morgan fingerprint density at radius 3 is 2.69 bits per heavy atom. The van der Waals surface area contributed by atoms with Gasteiger partial charge in [-0.1, -0.05) is 0 Å². The number of aryl methyl sites for hydroxylation is 1. The van der Waals surface area contributed by atoms with Crippen LogP contribution in [0.3, 0.4) is 0 Å². The van der Waals surface area contributed by atoms with Crippen LogP contribution in [0.2, 0.25) is 0 Å².